The van der Waals surface area contributed by atoms with E-state index in [-0.39, 0.29) is 34.0 Å². The molecule has 0 spiro atoms. The summed E-state index contributed by atoms with van der Waals surface area (Å²) >= 11 is 6.39. The molecule has 9 nitrogen and oxygen atoms in total. The molecule has 39 heavy (non-hydrogen) atoms. The van der Waals surface area contributed by atoms with E-state index < -0.39 is 21.4 Å². The number of carbonyl (C=O) groups excluding carboxylic acids is 1. The third-order valence-corrected chi connectivity index (χ3v) is 7.87. The number of sulfonamides is 1. The minimum Gasteiger partial charge on any atom is -0.395 e. The van der Waals surface area contributed by atoms with Gasteiger partial charge in [0.1, 0.15) is 5.56 Å². The lowest BCUT2D eigenvalue weighted by atomic mass is 10.1. The minimum atomic E-state index is -3.85. The van der Waals surface area contributed by atoms with Gasteiger partial charge in [-0.1, -0.05) is 29.3 Å². The maximum absolute atomic E-state index is 13.4. The van der Waals surface area contributed by atoms with Crippen molar-refractivity contribution in [3.8, 4) is 0 Å². The predicted octanol–water partition coefficient (Wildman–Crippen LogP) is 4.56. The number of anilines is 2. The van der Waals surface area contributed by atoms with Gasteiger partial charge in [0, 0.05) is 41.1 Å². The number of nitrogens with one attached hydrogen (secondary N) is 2. The Labute approximate surface area is 228 Å². The smallest absolute Gasteiger partial charge is 0.261 e. The molecule has 2 aromatic heterocycles. The summed E-state index contributed by atoms with van der Waals surface area (Å²) in [5, 5.41) is 13.4. The van der Waals surface area contributed by atoms with Crippen LogP contribution in [0.15, 0.2) is 88.8 Å². The van der Waals surface area contributed by atoms with Gasteiger partial charge in [0.05, 0.1) is 27.6 Å². The third kappa shape index (κ3) is 5.22. The normalized spacial score (nSPS) is 11.6. The van der Waals surface area contributed by atoms with Crippen LogP contribution < -0.4 is 15.5 Å². The fraction of sp³-hybridized carbons (Fsp3) is 0.107. The number of benzene rings is 3. The average Bonchev–Trinajstić information content (AvgIpc) is 2.92. The number of hydrogen-bond donors (Lipinski definition) is 3. The second-order valence-electron chi connectivity index (χ2n) is 8.89. The maximum Gasteiger partial charge on any atom is 0.261 e. The molecular weight excluding hydrogens is 540 g/mol. The van der Waals surface area contributed by atoms with Gasteiger partial charge in [0.15, 0.2) is 0 Å². The topological polar surface area (TPSA) is 130 Å². The van der Waals surface area contributed by atoms with Crippen LogP contribution in [-0.2, 0) is 16.6 Å². The highest BCUT2D eigenvalue weighted by Crippen LogP contribution is 2.29. The molecule has 0 fully saturated rings. The zero-order chi connectivity index (χ0) is 27.7. The van der Waals surface area contributed by atoms with Crippen LogP contribution in [0.25, 0.3) is 21.8 Å². The Kier molecular flexibility index (Phi) is 7.09. The maximum atomic E-state index is 13.4. The fourth-order valence-corrected chi connectivity index (χ4v) is 5.62. The minimum absolute atomic E-state index is 0.00668. The van der Waals surface area contributed by atoms with E-state index in [4.69, 9.17) is 11.6 Å². The largest absolute Gasteiger partial charge is 0.395 e. The monoisotopic (exact) mass is 562 g/mol. The van der Waals surface area contributed by atoms with Crippen LogP contribution in [0.3, 0.4) is 0 Å². The fourth-order valence-electron chi connectivity index (χ4n) is 4.30. The SMILES string of the molecule is Cc1ccc(NS(=O)(=O)c2ccc(NC(=O)c3cn(CCO)c4c(cc(Cl)c5ncccc54)c3=O)cc2)cc1. The molecule has 11 heteroatoms. The van der Waals surface area contributed by atoms with Crippen molar-refractivity contribution in [2.45, 2.75) is 18.4 Å². The molecule has 0 unspecified atom stereocenters. The summed E-state index contributed by atoms with van der Waals surface area (Å²) in [6, 6.07) is 17.5. The standard InChI is InChI=1S/C28H23ClN4O5S/c1-17-4-6-19(7-5-17)32-39(37,38)20-10-8-18(9-11-20)31-28(36)23-16-33(13-14-34)26-21-3-2-12-30-25(21)24(29)15-22(26)27(23)35/h2-12,15-16,32,34H,13-14H2,1H3,(H,31,36). The second-order valence-corrected chi connectivity index (χ2v) is 11.0. The van der Waals surface area contributed by atoms with E-state index in [1.165, 1.54) is 36.5 Å². The first-order valence-corrected chi connectivity index (χ1v) is 13.8. The van der Waals surface area contributed by atoms with E-state index in [1.807, 2.05) is 6.92 Å². The molecule has 2 heterocycles. The van der Waals surface area contributed by atoms with Crippen LogP contribution in [0.5, 0.6) is 0 Å². The quantitative estimate of drug-likeness (QED) is 0.249. The highest BCUT2D eigenvalue weighted by Gasteiger charge is 2.20. The predicted molar refractivity (Wildman–Crippen MR) is 152 cm³/mol. The summed E-state index contributed by atoms with van der Waals surface area (Å²) < 4.78 is 29.6. The molecular formula is C28H23ClN4O5S. The molecule has 198 valence electrons. The van der Waals surface area contributed by atoms with Gasteiger partial charge in [-0.15, -0.1) is 0 Å². The van der Waals surface area contributed by atoms with Crippen molar-refractivity contribution in [1.82, 2.24) is 9.55 Å². The lowest BCUT2D eigenvalue weighted by Crippen LogP contribution is -2.24. The molecule has 3 aromatic carbocycles. The zero-order valence-electron chi connectivity index (χ0n) is 20.7. The number of aromatic nitrogens is 2. The van der Waals surface area contributed by atoms with Crippen LogP contribution >= 0.6 is 11.6 Å². The molecule has 0 saturated carbocycles. The summed E-state index contributed by atoms with van der Waals surface area (Å²) in [4.78, 5) is 30.9. The van der Waals surface area contributed by atoms with Crippen molar-refractivity contribution in [2.24, 2.45) is 0 Å². The molecule has 5 rings (SSSR count). The number of aliphatic hydroxyl groups is 1. The molecule has 0 radical (unpaired) electrons. The van der Waals surface area contributed by atoms with Crippen molar-refractivity contribution in [3.63, 3.8) is 0 Å². The van der Waals surface area contributed by atoms with Gasteiger partial charge in [0.2, 0.25) is 5.43 Å². The molecule has 5 aromatic rings. The van der Waals surface area contributed by atoms with E-state index in [0.29, 0.717) is 27.8 Å². The van der Waals surface area contributed by atoms with E-state index in [2.05, 4.69) is 15.0 Å². The Hall–Kier alpha value is -4.25. The Morgan fingerprint density at radius 1 is 1.03 bits per heavy atom. The number of aryl methyl sites for hydroxylation is 1. The number of rotatable bonds is 7. The van der Waals surface area contributed by atoms with Crippen LogP contribution in [0, 0.1) is 6.92 Å². The average molecular weight is 563 g/mol. The van der Waals surface area contributed by atoms with Crippen LogP contribution in [-0.4, -0.2) is 35.6 Å². The van der Waals surface area contributed by atoms with Gasteiger partial charge in [-0.25, -0.2) is 8.42 Å². The van der Waals surface area contributed by atoms with Gasteiger partial charge in [-0.05, 0) is 61.5 Å². The Morgan fingerprint density at radius 3 is 2.41 bits per heavy atom. The lowest BCUT2D eigenvalue weighted by Gasteiger charge is -2.15. The molecule has 0 bridgehead atoms. The highest BCUT2D eigenvalue weighted by molar-refractivity contribution is 7.92. The molecule has 0 saturated heterocycles. The van der Waals surface area contributed by atoms with E-state index in [1.54, 1.807) is 47.2 Å². The second kappa shape index (κ2) is 10.5. The number of aliphatic hydroxyl groups excluding tert-OH is 1. The molecule has 1 amide bonds. The summed E-state index contributed by atoms with van der Waals surface area (Å²) in [7, 11) is -3.85. The molecule has 3 N–H and O–H groups in total. The third-order valence-electron chi connectivity index (χ3n) is 6.19. The number of halogens is 1. The molecule has 0 aliphatic heterocycles. The van der Waals surface area contributed by atoms with Crippen molar-refractivity contribution in [1.29, 1.82) is 0 Å². The van der Waals surface area contributed by atoms with Crippen LogP contribution in [0.4, 0.5) is 11.4 Å². The van der Waals surface area contributed by atoms with Crippen LogP contribution in [0.1, 0.15) is 15.9 Å². The Bertz CT molecular complexity index is 1890. The first kappa shape index (κ1) is 26.4. The first-order chi connectivity index (χ1) is 18.7. The first-order valence-electron chi connectivity index (χ1n) is 11.9. The van der Waals surface area contributed by atoms with Gasteiger partial charge >= 0.3 is 0 Å². The Morgan fingerprint density at radius 2 is 1.72 bits per heavy atom. The van der Waals surface area contributed by atoms with Crippen molar-refractivity contribution >= 4 is 60.7 Å². The van der Waals surface area contributed by atoms with E-state index >= 15 is 0 Å². The number of nitrogens with zero attached hydrogens (tertiary/aromatic N) is 2. The van der Waals surface area contributed by atoms with E-state index in [9.17, 15) is 23.1 Å². The number of amides is 1. The summed E-state index contributed by atoms with van der Waals surface area (Å²) in [6.45, 7) is 1.80. The van der Waals surface area contributed by atoms with E-state index in [0.717, 1.165) is 5.56 Å². The number of carbonyl (C=O) groups is 1. The van der Waals surface area contributed by atoms with Crippen LogP contribution in [0.2, 0.25) is 5.02 Å². The zero-order valence-corrected chi connectivity index (χ0v) is 22.3. The lowest BCUT2D eigenvalue weighted by molar-refractivity contribution is 0.102. The van der Waals surface area contributed by atoms with Gasteiger partial charge in [-0.2, -0.15) is 0 Å². The van der Waals surface area contributed by atoms with Crippen molar-refractivity contribution in [3.05, 3.63) is 105 Å². The summed E-state index contributed by atoms with van der Waals surface area (Å²) in [5.74, 6) is -0.690. The Balaban J connectivity index is 1.46. The molecule has 0 aliphatic rings. The summed E-state index contributed by atoms with van der Waals surface area (Å²) in [5.41, 5.74) is 2.04. The summed E-state index contributed by atoms with van der Waals surface area (Å²) in [6.07, 6.45) is 2.98. The number of hydrogen-bond acceptors (Lipinski definition) is 6. The molecule has 0 aliphatic carbocycles. The van der Waals surface area contributed by atoms with Gasteiger partial charge < -0.3 is 15.0 Å². The van der Waals surface area contributed by atoms with Gasteiger partial charge in [-0.3, -0.25) is 19.3 Å². The van der Waals surface area contributed by atoms with Crippen molar-refractivity contribution in [2.75, 3.05) is 16.6 Å². The van der Waals surface area contributed by atoms with Crippen molar-refractivity contribution < 1.29 is 18.3 Å². The van der Waals surface area contributed by atoms with Gasteiger partial charge in [0.25, 0.3) is 15.9 Å². The highest BCUT2D eigenvalue weighted by atomic mass is 35.5. The molecule has 0 atom stereocenters. The number of fused-ring (bicyclic) bond motifs is 3. The number of pyridine rings is 2.